The minimum absolute atomic E-state index is 0.0131. The Morgan fingerprint density at radius 1 is 1.06 bits per heavy atom. The van der Waals surface area contributed by atoms with Gasteiger partial charge in [-0.05, 0) is 42.3 Å². The van der Waals surface area contributed by atoms with E-state index in [1.165, 1.54) is 19.1 Å². The van der Waals surface area contributed by atoms with Crippen molar-refractivity contribution >= 4 is 33.2 Å². The number of anilines is 2. The molecular weight excluding hydrogens is 422 g/mol. The van der Waals surface area contributed by atoms with Crippen molar-refractivity contribution in [1.82, 2.24) is 4.72 Å². The van der Waals surface area contributed by atoms with Crippen LogP contribution in [0.25, 0.3) is 0 Å². The second-order valence-electron chi connectivity index (χ2n) is 7.27. The maximum absolute atomic E-state index is 12.5. The molecule has 2 aliphatic rings. The molecule has 31 heavy (non-hydrogen) atoms. The van der Waals surface area contributed by atoms with Gasteiger partial charge in [0.05, 0.1) is 4.90 Å². The Balaban J connectivity index is 1.32. The minimum Gasteiger partial charge on any atom is -0.486 e. The van der Waals surface area contributed by atoms with Crippen LogP contribution in [0.4, 0.5) is 11.4 Å². The normalized spacial score (nSPS) is 14.8. The molecule has 0 radical (unpaired) electrons. The summed E-state index contributed by atoms with van der Waals surface area (Å²) in [5, 5.41) is 2.77. The third-order valence-corrected chi connectivity index (χ3v) is 6.57. The maximum Gasteiger partial charge on any atom is 0.240 e. The zero-order valence-electron chi connectivity index (χ0n) is 17.0. The van der Waals surface area contributed by atoms with Gasteiger partial charge in [-0.3, -0.25) is 9.59 Å². The Hall–Kier alpha value is -3.11. The summed E-state index contributed by atoms with van der Waals surface area (Å²) in [6, 6.07) is 9.78. The lowest BCUT2D eigenvalue weighted by atomic mass is 10.1. The number of fused-ring (bicyclic) bond motifs is 2. The van der Waals surface area contributed by atoms with Gasteiger partial charge in [0.15, 0.2) is 11.5 Å². The molecule has 2 aromatic rings. The molecule has 2 amide bonds. The fourth-order valence-corrected chi connectivity index (χ4v) is 4.65. The number of amides is 2. The smallest absolute Gasteiger partial charge is 0.240 e. The van der Waals surface area contributed by atoms with Crippen molar-refractivity contribution in [2.45, 2.75) is 24.7 Å². The summed E-state index contributed by atoms with van der Waals surface area (Å²) in [6.45, 7) is 2.89. The Bertz CT molecular complexity index is 1130. The Kier molecular flexibility index (Phi) is 5.84. The van der Waals surface area contributed by atoms with Gasteiger partial charge >= 0.3 is 0 Å². The Morgan fingerprint density at radius 2 is 1.84 bits per heavy atom. The lowest BCUT2D eigenvalue weighted by Crippen LogP contribution is -2.28. The highest BCUT2D eigenvalue weighted by atomic mass is 32.2. The van der Waals surface area contributed by atoms with Gasteiger partial charge < -0.3 is 19.7 Å². The zero-order valence-corrected chi connectivity index (χ0v) is 17.8. The number of ether oxygens (including phenoxy) is 2. The van der Waals surface area contributed by atoms with Crippen LogP contribution in [0.15, 0.2) is 41.3 Å². The zero-order chi connectivity index (χ0) is 22.0. The fraction of sp³-hybridized carbons (Fsp3) is 0.333. The first-order valence-corrected chi connectivity index (χ1v) is 11.4. The summed E-state index contributed by atoms with van der Waals surface area (Å²) in [7, 11) is -3.79. The van der Waals surface area contributed by atoms with Gasteiger partial charge in [-0.25, -0.2) is 13.1 Å². The molecule has 0 saturated heterocycles. The van der Waals surface area contributed by atoms with Gasteiger partial charge in [0.2, 0.25) is 21.8 Å². The molecule has 0 fully saturated rings. The van der Waals surface area contributed by atoms with Crippen LogP contribution in [0.1, 0.15) is 18.9 Å². The largest absolute Gasteiger partial charge is 0.486 e. The average molecular weight is 445 g/mol. The Morgan fingerprint density at radius 3 is 2.61 bits per heavy atom. The molecule has 164 valence electrons. The van der Waals surface area contributed by atoms with Crippen molar-refractivity contribution in [3.63, 3.8) is 0 Å². The first kappa shape index (κ1) is 21.1. The molecule has 0 aromatic heterocycles. The molecule has 0 spiro atoms. The molecule has 10 heteroatoms. The molecule has 9 nitrogen and oxygen atoms in total. The topological polar surface area (TPSA) is 114 Å². The van der Waals surface area contributed by atoms with Gasteiger partial charge in [0.25, 0.3) is 0 Å². The quantitative estimate of drug-likeness (QED) is 0.699. The SMILES string of the molecule is CC(=O)N1CCc2cc(NC(=O)CCNS(=O)(=O)c3ccc4c(c3)OCCO4)ccc21. The van der Waals surface area contributed by atoms with Crippen molar-refractivity contribution in [3.8, 4) is 11.5 Å². The highest BCUT2D eigenvalue weighted by molar-refractivity contribution is 7.89. The highest BCUT2D eigenvalue weighted by Crippen LogP contribution is 2.32. The summed E-state index contributed by atoms with van der Waals surface area (Å²) in [4.78, 5) is 25.6. The molecule has 0 aliphatic carbocycles. The van der Waals surface area contributed by atoms with Gasteiger partial charge in [-0.2, -0.15) is 0 Å². The van der Waals surface area contributed by atoms with Crippen molar-refractivity contribution < 1.29 is 27.5 Å². The predicted octanol–water partition coefficient (Wildman–Crippen LogP) is 1.67. The van der Waals surface area contributed by atoms with E-state index in [1.807, 2.05) is 12.1 Å². The first-order valence-electron chi connectivity index (χ1n) is 9.94. The van der Waals surface area contributed by atoms with E-state index in [0.29, 0.717) is 36.9 Å². The minimum atomic E-state index is -3.79. The molecule has 4 rings (SSSR count). The molecule has 0 saturated carbocycles. The van der Waals surface area contributed by atoms with Crippen LogP contribution in [0, 0.1) is 0 Å². The highest BCUT2D eigenvalue weighted by Gasteiger charge is 2.23. The van der Waals surface area contributed by atoms with Gasteiger partial charge in [-0.15, -0.1) is 0 Å². The van der Waals surface area contributed by atoms with E-state index in [4.69, 9.17) is 9.47 Å². The molecule has 2 aromatic carbocycles. The molecule has 0 bridgehead atoms. The predicted molar refractivity (Wildman–Crippen MR) is 114 cm³/mol. The average Bonchev–Trinajstić information content (AvgIpc) is 3.17. The van der Waals surface area contributed by atoms with Crippen molar-refractivity contribution in [2.24, 2.45) is 0 Å². The fourth-order valence-electron chi connectivity index (χ4n) is 3.60. The summed E-state index contributed by atoms with van der Waals surface area (Å²) in [5.41, 5.74) is 2.47. The molecule has 2 aliphatic heterocycles. The van der Waals surface area contributed by atoms with Crippen LogP contribution in [0.2, 0.25) is 0 Å². The van der Waals surface area contributed by atoms with Gasteiger partial charge in [-0.1, -0.05) is 0 Å². The monoisotopic (exact) mass is 445 g/mol. The van der Waals surface area contributed by atoms with Crippen LogP contribution in [0.5, 0.6) is 11.5 Å². The third kappa shape index (κ3) is 4.64. The van der Waals surface area contributed by atoms with Crippen LogP contribution in [-0.4, -0.2) is 46.5 Å². The second kappa shape index (κ2) is 8.56. The lowest BCUT2D eigenvalue weighted by Gasteiger charge is -2.18. The summed E-state index contributed by atoms with van der Waals surface area (Å²) in [5.74, 6) is 0.559. The number of rotatable bonds is 6. The number of benzene rings is 2. The number of nitrogens with zero attached hydrogens (tertiary/aromatic N) is 1. The molecular formula is C21H23N3O6S. The lowest BCUT2D eigenvalue weighted by molar-refractivity contribution is -0.117. The van der Waals surface area contributed by atoms with Crippen molar-refractivity contribution in [1.29, 1.82) is 0 Å². The van der Waals surface area contributed by atoms with Gasteiger partial charge in [0.1, 0.15) is 13.2 Å². The van der Waals surface area contributed by atoms with E-state index in [9.17, 15) is 18.0 Å². The van der Waals surface area contributed by atoms with Crippen molar-refractivity contribution in [3.05, 3.63) is 42.0 Å². The van der Waals surface area contributed by atoms with Crippen LogP contribution in [-0.2, 0) is 26.0 Å². The Labute approximate surface area is 180 Å². The van der Waals surface area contributed by atoms with E-state index < -0.39 is 10.0 Å². The van der Waals surface area contributed by atoms with E-state index >= 15 is 0 Å². The van der Waals surface area contributed by atoms with Crippen LogP contribution in [0.3, 0.4) is 0 Å². The number of hydrogen-bond donors (Lipinski definition) is 2. The summed E-state index contributed by atoms with van der Waals surface area (Å²) >= 11 is 0. The van der Waals surface area contributed by atoms with E-state index in [0.717, 1.165) is 17.7 Å². The summed E-state index contributed by atoms with van der Waals surface area (Å²) in [6.07, 6.45) is 0.703. The molecule has 2 N–H and O–H groups in total. The maximum atomic E-state index is 12.5. The number of nitrogens with one attached hydrogen (secondary N) is 2. The van der Waals surface area contributed by atoms with Crippen LogP contribution >= 0.6 is 0 Å². The first-order chi connectivity index (χ1) is 14.8. The molecule has 0 atom stereocenters. The van der Waals surface area contributed by atoms with Crippen molar-refractivity contribution in [2.75, 3.05) is 36.5 Å². The van der Waals surface area contributed by atoms with E-state index in [1.54, 1.807) is 17.0 Å². The van der Waals surface area contributed by atoms with Crippen LogP contribution < -0.4 is 24.4 Å². The van der Waals surface area contributed by atoms with Gasteiger partial charge in [0, 0.05) is 43.9 Å². The second-order valence-corrected chi connectivity index (χ2v) is 9.03. The van der Waals surface area contributed by atoms with E-state index in [2.05, 4.69) is 10.0 Å². The standard InChI is InChI=1S/C21H23N3O6S/c1-14(25)24-9-7-15-12-16(2-4-18(15)24)23-21(26)6-8-22-31(27,28)17-3-5-19-20(13-17)30-11-10-29-19/h2-5,12-13,22H,6-11H2,1H3,(H,23,26). The summed E-state index contributed by atoms with van der Waals surface area (Å²) < 4.78 is 38.2. The number of sulfonamides is 1. The third-order valence-electron chi connectivity index (χ3n) is 5.11. The number of hydrogen-bond acceptors (Lipinski definition) is 6. The molecule has 2 heterocycles. The number of carbonyl (C=O) groups excluding carboxylic acids is 2. The number of carbonyl (C=O) groups is 2. The molecule has 0 unspecified atom stereocenters. The van der Waals surface area contributed by atoms with E-state index in [-0.39, 0.29) is 29.7 Å².